The van der Waals surface area contributed by atoms with E-state index in [0.717, 1.165) is 4.47 Å². The van der Waals surface area contributed by atoms with Crippen molar-refractivity contribution in [3.63, 3.8) is 0 Å². The zero-order valence-electron chi connectivity index (χ0n) is 8.28. The smallest absolute Gasteiger partial charge is 0.228 e. The van der Waals surface area contributed by atoms with Gasteiger partial charge in [0.2, 0.25) is 5.91 Å². The minimum absolute atomic E-state index is 0.0328. The molecule has 1 saturated heterocycles. The molecule has 1 amide bonds. The van der Waals surface area contributed by atoms with Gasteiger partial charge in [-0.2, -0.15) is 5.26 Å². The van der Waals surface area contributed by atoms with Crippen molar-refractivity contribution in [2.75, 3.05) is 11.4 Å². The number of nitrogens with zero attached hydrogens (tertiary/aromatic N) is 2. The first-order valence-corrected chi connectivity index (χ1v) is 5.99. The number of halogens is 2. The molecule has 1 unspecified atom stereocenters. The van der Waals surface area contributed by atoms with Crippen LogP contribution in [-0.2, 0) is 4.79 Å². The molecule has 2 rings (SSSR count). The highest BCUT2D eigenvalue weighted by Crippen LogP contribution is 2.29. The molecule has 0 spiro atoms. The van der Waals surface area contributed by atoms with Crippen molar-refractivity contribution in [1.29, 1.82) is 5.26 Å². The second-order valence-electron chi connectivity index (χ2n) is 3.58. The lowest BCUT2D eigenvalue weighted by molar-refractivity contribution is -0.117. The van der Waals surface area contributed by atoms with Gasteiger partial charge in [0.15, 0.2) is 0 Å². The van der Waals surface area contributed by atoms with E-state index in [9.17, 15) is 4.79 Å². The largest absolute Gasteiger partial charge is 0.310 e. The first-order valence-electron chi connectivity index (χ1n) is 4.76. The summed E-state index contributed by atoms with van der Waals surface area (Å²) < 4.78 is 0.840. The molecule has 5 heteroatoms. The Morgan fingerprint density at radius 3 is 2.88 bits per heavy atom. The maximum absolute atomic E-state index is 11.7. The van der Waals surface area contributed by atoms with Crippen LogP contribution in [0.5, 0.6) is 0 Å². The van der Waals surface area contributed by atoms with Crippen molar-refractivity contribution in [3.05, 3.63) is 28.2 Å². The zero-order valence-corrected chi connectivity index (χ0v) is 10.6. The van der Waals surface area contributed by atoms with Gasteiger partial charge in [0.05, 0.1) is 16.6 Å². The molecule has 1 atom stereocenters. The van der Waals surface area contributed by atoms with Gasteiger partial charge in [-0.05, 0) is 18.2 Å². The summed E-state index contributed by atoms with van der Waals surface area (Å²) in [5.41, 5.74) is 1.12. The second-order valence-corrected chi connectivity index (χ2v) is 5.11. The molecule has 0 aliphatic carbocycles. The van der Waals surface area contributed by atoms with Crippen LogP contribution in [0.4, 0.5) is 5.69 Å². The highest BCUT2D eigenvalue weighted by molar-refractivity contribution is 9.10. The Bertz CT molecular complexity index is 483. The first-order chi connectivity index (χ1) is 7.61. The molecule has 82 valence electrons. The Hall–Kier alpha value is -1.05. The van der Waals surface area contributed by atoms with Crippen molar-refractivity contribution in [2.45, 2.75) is 11.8 Å². The van der Waals surface area contributed by atoms with E-state index in [4.69, 9.17) is 16.9 Å². The van der Waals surface area contributed by atoms with Crippen LogP contribution in [0.1, 0.15) is 12.0 Å². The summed E-state index contributed by atoms with van der Waals surface area (Å²) in [5.74, 6) is -0.0328. The molecule has 1 aromatic rings. The summed E-state index contributed by atoms with van der Waals surface area (Å²) in [5, 5.41) is 8.82. The third-order valence-corrected chi connectivity index (χ3v) is 3.23. The molecule has 16 heavy (non-hydrogen) atoms. The second kappa shape index (κ2) is 4.44. The SMILES string of the molecule is N#Cc1ccc(Br)cc1N1CC(Cl)CC1=O. The number of rotatable bonds is 1. The summed E-state index contributed by atoms with van der Waals surface area (Å²) in [4.78, 5) is 13.3. The lowest BCUT2D eigenvalue weighted by atomic mass is 10.2. The number of nitriles is 1. The van der Waals surface area contributed by atoms with Gasteiger partial charge in [-0.1, -0.05) is 15.9 Å². The van der Waals surface area contributed by atoms with E-state index in [1.165, 1.54) is 0 Å². The summed E-state index contributed by atoms with van der Waals surface area (Å²) >= 11 is 9.26. The van der Waals surface area contributed by atoms with E-state index in [1.54, 1.807) is 23.1 Å². The average molecular weight is 300 g/mol. The molecule has 0 bridgehead atoms. The molecular formula is C11H8BrClN2O. The minimum atomic E-state index is -0.168. The molecule has 1 aliphatic rings. The van der Waals surface area contributed by atoms with E-state index < -0.39 is 0 Å². The lowest BCUT2D eigenvalue weighted by Crippen LogP contribution is -2.25. The third-order valence-electron chi connectivity index (χ3n) is 2.45. The van der Waals surface area contributed by atoms with Gasteiger partial charge in [0.25, 0.3) is 0 Å². The van der Waals surface area contributed by atoms with Crippen LogP contribution >= 0.6 is 27.5 Å². The minimum Gasteiger partial charge on any atom is -0.310 e. The first kappa shape index (κ1) is 11.4. The lowest BCUT2D eigenvalue weighted by Gasteiger charge is -2.17. The van der Waals surface area contributed by atoms with E-state index in [-0.39, 0.29) is 11.3 Å². The highest BCUT2D eigenvalue weighted by atomic mass is 79.9. The normalized spacial score (nSPS) is 19.9. The summed E-state index contributed by atoms with van der Waals surface area (Å²) in [6.07, 6.45) is 0.332. The molecule has 0 aromatic heterocycles. The molecular weight excluding hydrogens is 291 g/mol. The maximum Gasteiger partial charge on any atom is 0.228 e. The van der Waals surface area contributed by atoms with Gasteiger partial charge in [-0.3, -0.25) is 4.79 Å². The van der Waals surface area contributed by atoms with Crippen LogP contribution in [0.25, 0.3) is 0 Å². The Morgan fingerprint density at radius 2 is 2.31 bits per heavy atom. The number of alkyl halides is 1. The van der Waals surface area contributed by atoms with Crippen LogP contribution in [0.15, 0.2) is 22.7 Å². The Balaban J connectivity index is 2.44. The monoisotopic (exact) mass is 298 g/mol. The molecule has 1 aliphatic heterocycles. The van der Waals surface area contributed by atoms with Gasteiger partial charge < -0.3 is 4.90 Å². The van der Waals surface area contributed by atoms with E-state index >= 15 is 0 Å². The molecule has 1 heterocycles. The topological polar surface area (TPSA) is 44.1 Å². The quantitative estimate of drug-likeness (QED) is 0.748. The van der Waals surface area contributed by atoms with Crippen LogP contribution < -0.4 is 4.90 Å². The van der Waals surface area contributed by atoms with Crippen LogP contribution in [0.2, 0.25) is 0 Å². The van der Waals surface area contributed by atoms with Gasteiger partial charge in [0, 0.05) is 17.4 Å². The predicted octanol–water partition coefficient (Wildman–Crippen LogP) is 2.66. The van der Waals surface area contributed by atoms with Crippen molar-refractivity contribution < 1.29 is 4.79 Å². The third kappa shape index (κ3) is 2.06. The summed E-state index contributed by atoms with van der Waals surface area (Å²) in [6, 6.07) is 7.31. The number of anilines is 1. The number of hydrogen-bond acceptors (Lipinski definition) is 2. The van der Waals surface area contributed by atoms with E-state index in [0.29, 0.717) is 24.2 Å². The van der Waals surface area contributed by atoms with Crippen molar-refractivity contribution in [2.24, 2.45) is 0 Å². The summed E-state index contributed by atoms with van der Waals surface area (Å²) in [7, 11) is 0. The standard InChI is InChI=1S/C11H8BrClN2O/c12-8-2-1-7(5-14)10(3-8)15-6-9(13)4-11(15)16/h1-3,9H,4,6H2. The van der Waals surface area contributed by atoms with Crippen molar-refractivity contribution in [1.82, 2.24) is 0 Å². The predicted molar refractivity (Wildman–Crippen MR) is 65.5 cm³/mol. The highest BCUT2D eigenvalue weighted by Gasteiger charge is 2.30. The molecule has 0 saturated carbocycles. The maximum atomic E-state index is 11.7. The summed E-state index contributed by atoms with van der Waals surface area (Å²) in [6.45, 7) is 0.464. The molecule has 0 radical (unpaired) electrons. The fourth-order valence-corrected chi connectivity index (χ4v) is 2.34. The number of carbonyl (C=O) groups is 1. The molecule has 1 fully saturated rings. The van der Waals surface area contributed by atoms with Crippen LogP contribution in [-0.4, -0.2) is 17.8 Å². The Labute approximate surface area is 107 Å². The number of hydrogen-bond donors (Lipinski definition) is 0. The van der Waals surface area contributed by atoms with Crippen molar-refractivity contribution in [3.8, 4) is 6.07 Å². The van der Waals surface area contributed by atoms with Gasteiger partial charge in [-0.25, -0.2) is 0 Å². The van der Waals surface area contributed by atoms with Gasteiger partial charge >= 0.3 is 0 Å². The van der Waals surface area contributed by atoms with Crippen LogP contribution in [0.3, 0.4) is 0 Å². The number of carbonyl (C=O) groups excluding carboxylic acids is 1. The molecule has 1 aromatic carbocycles. The fourth-order valence-electron chi connectivity index (χ4n) is 1.72. The molecule has 0 N–H and O–H groups in total. The van der Waals surface area contributed by atoms with E-state index in [2.05, 4.69) is 22.0 Å². The van der Waals surface area contributed by atoms with E-state index in [1.807, 2.05) is 0 Å². The van der Waals surface area contributed by atoms with Crippen molar-refractivity contribution >= 4 is 39.1 Å². The fraction of sp³-hybridized carbons (Fsp3) is 0.273. The zero-order chi connectivity index (χ0) is 11.7. The Kier molecular flexibility index (Phi) is 3.17. The average Bonchev–Trinajstić information content (AvgIpc) is 2.57. The Morgan fingerprint density at radius 1 is 1.56 bits per heavy atom. The van der Waals surface area contributed by atoms with Gasteiger partial charge in [0.1, 0.15) is 6.07 Å². The number of amides is 1. The van der Waals surface area contributed by atoms with Crippen LogP contribution in [0, 0.1) is 11.3 Å². The number of benzene rings is 1. The van der Waals surface area contributed by atoms with Gasteiger partial charge in [-0.15, -0.1) is 11.6 Å². The molecule has 3 nitrogen and oxygen atoms in total.